The number of amides is 1. The minimum absolute atomic E-state index is 0.156. The number of aryl methyl sites for hydroxylation is 1. The molecular formula is C36H43ClN2O5S. The third kappa shape index (κ3) is 5.88. The molecule has 2 bridgehead atoms. The van der Waals surface area contributed by atoms with Crippen LogP contribution in [0.4, 0.5) is 5.69 Å². The van der Waals surface area contributed by atoms with Crippen molar-refractivity contribution in [3.63, 3.8) is 0 Å². The summed E-state index contributed by atoms with van der Waals surface area (Å²) < 4.78 is 41.9. The highest BCUT2D eigenvalue weighted by atomic mass is 35.5. The Bertz CT molecular complexity index is 1680. The zero-order valence-corrected chi connectivity index (χ0v) is 28.1. The predicted octanol–water partition coefficient (Wildman–Crippen LogP) is 6.29. The average Bonchev–Trinajstić information content (AvgIpc) is 3.15. The van der Waals surface area contributed by atoms with Crippen molar-refractivity contribution in [2.75, 3.05) is 31.7 Å². The highest BCUT2D eigenvalue weighted by Gasteiger charge is 2.48. The van der Waals surface area contributed by atoms with Gasteiger partial charge in [-0.1, -0.05) is 36.6 Å². The van der Waals surface area contributed by atoms with Gasteiger partial charge in [0.15, 0.2) is 0 Å². The Hall–Kier alpha value is -2.99. The molecular weight excluding hydrogens is 608 g/mol. The summed E-state index contributed by atoms with van der Waals surface area (Å²) >= 11 is 6.43. The van der Waals surface area contributed by atoms with Crippen molar-refractivity contribution in [3.8, 4) is 17.6 Å². The van der Waals surface area contributed by atoms with Gasteiger partial charge in [-0.25, -0.2) is 13.1 Å². The number of anilines is 1. The predicted molar refractivity (Wildman–Crippen MR) is 178 cm³/mol. The summed E-state index contributed by atoms with van der Waals surface area (Å²) in [4.78, 5) is 15.8. The second-order valence-corrected chi connectivity index (χ2v) is 15.9. The Morgan fingerprint density at radius 2 is 1.98 bits per heavy atom. The van der Waals surface area contributed by atoms with Gasteiger partial charge < -0.3 is 14.4 Å². The molecule has 6 atom stereocenters. The molecule has 7 nitrogen and oxygen atoms in total. The van der Waals surface area contributed by atoms with Crippen LogP contribution in [0.25, 0.3) is 0 Å². The molecule has 0 unspecified atom stereocenters. The number of fused-ring (bicyclic) bond motifs is 4. The van der Waals surface area contributed by atoms with Crippen molar-refractivity contribution in [1.82, 2.24) is 4.72 Å². The van der Waals surface area contributed by atoms with E-state index in [1.165, 1.54) is 11.1 Å². The maximum absolute atomic E-state index is 13.5. The van der Waals surface area contributed by atoms with Crippen molar-refractivity contribution in [1.29, 1.82) is 0 Å². The summed E-state index contributed by atoms with van der Waals surface area (Å²) in [6, 6.07) is 11.5. The highest BCUT2D eigenvalue weighted by Crippen LogP contribution is 2.49. The third-order valence-corrected chi connectivity index (χ3v) is 12.9. The number of carbonyl (C=O) groups excluding carboxylic acids is 1. The largest absolute Gasteiger partial charge is 0.490 e. The molecule has 1 N–H and O–H groups in total. The quantitative estimate of drug-likeness (QED) is 0.288. The molecule has 2 aromatic carbocycles. The van der Waals surface area contributed by atoms with E-state index >= 15 is 0 Å². The van der Waals surface area contributed by atoms with Crippen molar-refractivity contribution in [2.45, 2.75) is 75.6 Å². The van der Waals surface area contributed by atoms with E-state index in [0.717, 1.165) is 49.4 Å². The Morgan fingerprint density at radius 1 is 1.16 bits per heavy atom. The van der Waals surface area contributed by atoms with Gasteiger partial charge in [-0.15, -0.1) is 5.92 Å². The molecule has 0 radical (unpaired) electrons. The molecule has 0 saturated heterocycles. The Labute approximate surface area is 272 Å². The second-order valence-electron chi connectivity index (χ2n) is 13.4. The van der Waals surface area contributed by atoms with Crippen LogP contribution >= 0.6 is 11.6 Å². The van der Waals surface area contributed by atoms with Crippen LogP contribution in [-0.2, 0) is 26.6 Å². The lowest BCUT2D eigenvalue weighted by Gasteiger charge is -2.48. The molecule has 2 aliphatic carbocycles. The van der Waals surface area contributed by atoms with E-state index in [1.54, 1.807) is 26.2 Å². The molecule has 1 spiro atoms. The summed E-state index contributed by atoms with van der Waals surface area (Å²) in [5, 5.41) is -0.0497. The molecule has 9 heteroatoms. The SMILES string of the molecule is CC#C[C@]1(OC)/C=C\C[C@H](C)[C@@H](C)S(=O)(=O)NC(=O)c2ccc3c(c2)N(C[C@@H]2CC[C@H]21)C[C@@]1(CCCc2cc(Cl)ccc21)CO3. The summed E-state index contributed by atoms with van der Waals surface area (Å²) in [6.45, 7) is 7.30. The maximum Gasteiger partial charge on any atom is 0.264 e. The van der Waals surface area contributed by atoms with Gasteiger partial charge in [0.25, 0.3) is 5.91 Å². The van der Waals surface area contributed by atoms with Crippen molar-refractivity contribution < 1.29 is 22.7 Å². The van der Waals surface area contributed by atoms with Crippen molar-refractivity contribution in [3.05, 3.63) is 70.3 Å². The molecule has 2 aromatic rings. The van der Waals surface area contributed by atoms with Gasteiger partial charge in [0, 0.05) is 42.1 Å². The number of halogens is 1. The van der Waals surface area contributed by atoms with E-state index in [0.29, 0.717) is 25.3 Å². The van der Waals surface area contributed by atoms with Crippen LogP contribution in [-0.4, -0.2) is 52.0 Å². The Morgan fingerprint density at radius 3 is 2.71 bits per heavy atom. The third-order valence-electron chi connectivity index (χ3n) is 10.8. The number of nitrogens with one attached hydrogen (secondary N) is 1. The first-order valence-corrected chi connectivity index (χ1v) is 18.0. The number of hydrogen-bond acceptors (Lipinski definition) is 6. The summed E-state index contributed by atoms with van der Waals surface area (Å²) in [5.74, 6) is 6.77. The van der Waals surface area contributed by atoms with Gasteiger partial charge in [0.2, 0.25) is 10.0 Å². The first-order valence-electron chi connectivity index (χ1n) is 16.0. The number of carbonyl (C=O) groups is 1. The summed E-state index contributed by atoms with van der Waals surface area (Å²) in [7, 11) is -2.22. The van der Waals surface area contributed by atoms with Crippen LogP contribution in [0.3, 0.4) is 0 Å². The zero-order valence-electron chi connectivity index (χ0n) is 26.6. The van der Waals surface area contributed by atoms with E-state index in [-0.39, 0.29) is 28.7 Å². The minimum Gasteiger partial charge on any atom is -0.490 e. The molecule has 4 aliphatic rings. The van der Waals surface area contributed by atoms with Gasteiger partial charge in [-0.05, 0) is 112 Å². The van der Waals surface area contributed by atoms with Crippen molar-refractivity contribution >= 4 is 33.2 Å². The lowest BCUT2D eigenvalue weighted by atomic mass is 9.64. The first kappa shape index (κ1) is 32.0. The summed E-state index contributed by atoms with van der Waals surface area (Å²) in [6.07, 6.45) is 9.54. The van der Waals surface area contributed by atoms with Crippen LogP contribution in [0, 0.1) is 29.6 Å². The number of methoxy groups -OCH3 is 1. The van der Waals surface area contributed by atoms with E-state index in [1.807, 2.05) is 38.1 Å². The maximum atomic E-state index is 13.5. The van der Waals surface area contributed by atoms with E-state index in [9.17, 15) is 13.2 Å². The first-order chi connectivity index (χ1) is 21.5. The smallest absolute Gasteiger partial charge is 0.264 e. The fourth-order valence-corrected chi connectivity index (χ4v) is 9.33. The second kappa shape index (κ2) is 12.3. The molecule has 1 amide bonds. The number of nitrogens with zero attached hydrogens (tertiary/aromatic N) is 1. The van der Waals surface area contributed by atoms with Gasteiger partial charge in [-0.3, -0.25) is 4.79 Å². The Kier molecular flexibility index (Phi) is 8.75. The molecule has 2 aliphatic heterocycles. The lowest BCUT2D eigenvalue weighted by molar-refractivity contribution is -0.0351. The Balaban J connectivity index is 1.47. The molecule has 6 rings (SSSR count). The van der Waals surface area contributed by atoms with Gasteiger partial charge in [0.1, 0.15) is 11.4 Å². The van der Waals surface area contributed by atoms with Crippen LogP contribution < -0.4 is 14.4 Å². The van der Waals surface area contributed by atoms with Gasteiger partial charge in [0.05, 0.1) is 17.5 Å². The molecule has 0 aromatic heterocycles. The van der Waals surface area contributed by atoms with Crippen LogP contribution in [0.1, 0.15) is 74.4 Å². The number of ether oxygens (including phenoxy) is 2. The summed E-state index contributed by atoms with van der Waals surface area (Å²) in [5.41, 5.74) is 2.57. The van der Waals surface area contributed by atoms with E-state index in [2.05, 4.69) is 33.6 Å². The molecule has 45 heavy (non-hydrogen) atoms. The van der Waals surface area contributed by atoms with Gasteiger partial charge >= 0.3 is 0 Å². The average molecular weight is 651 g/mol. The molecule has 2 heterocycles. The number of allylic oxidation sites excluding steroid dienone is 1. The zero-order chi connectivity index (χ0) is 32.0. The monoisotopic (exact) mass is 650 g/mol. The fraction of sp³-hybridized carbons (Fsp3) is 0.528. The molecule has 1 saturated carbocycles. The normalized spacial score (nSPS) is 33.2. The molecule has 1 fully saturated rings. The van der Waals surface area contributed by atoms with Gasteiger partial charge in [-0.2, -0.15) is 0 Å². The van der Waals surface area contributed by atoms with Crippen LogP contribution in [0.5, 0.6) is 5.75 Å². The van der Waals surface area contributed by atoms with Crippen LogP contribution in [0.2, 0.25) is 5.02 Å². The highest BCUT2D eigenvalue weighted by molar-refractivity contribution is 7.90. The van der Waals surface area contributed by atoms with E-state index in [4.69, 9.17) is 21.1 Å². The standard InChI is InChI=1S/C36H43ClN2O5S/c1-5-16-36(43-4)18-6-8-24(2)25(3)45(41,42)38-34(40)27-11-15-33-32(20-27)39(21-28-10-13-31(28)36)22-35(23-44-33)17-7-9-26-19-29(37)12-14-30(26)35/h6,11-12,14-15,18-20,24-25,28,31H,7-10,13,17,21-23H2,1-4H3,(H,38,40)/b18-6-/t24-,25+,28-,31+,35-,36-/m0/s1. The van der Waals surface area contributed by atoms with E-state index < -0.39 is 26.8 Å². The number of hydrogen-bond donors (Lipinski definition) is 1. The lowest BCUT2D eigenvalue weighted by Crippen LogP contribution is -2.52. The number of benzene rings is 2. The van der Waals surface area contributed by atoms with Crippen molar-refractivity contribution in [2.24, 2.45) is 17.8 Å². The number of rotatable bonds is 1. The number of sulfonamides is 1. The topological polar surface area (TPSA) is 84.9 Å². The van der Waals surface area contributed by atoms with Crippen LogP contribution in [0.15, 0.2) is 48.6 Å². The minimum atomic E-state index is -3.94. The molecule has 240 valence electrons. The fourth-order valence-electron chi connectivity index (χ4n) is 7.85.